The lowest BCUT2D eigenvalue weighted by molar-refractivity contribution is -0.118. The van der Waals surface area contributed by atoms with E-state index in [9.17, 15) is 4.79 Å². The molecule has 8 nitrogen and oxygen atoms in total. The Bertz CT molecular complexity index is 1280. The number of benzene rings is 2. The molecule has 0 spiro atoms. The molecule has 0 unspecified atom stereocenters. The van der Waals surface area contributed by atoms with E-state index >= 15 is 0 Å². The Hall–Kier alpha value is -3.01. The van der Waals surface area contributed by atoms with Crippen LogP contribution in [0.5, 0.6) is 17.2 Å². The summed E-state index contributed by atoms with van der Waals surface area (Å²) in [6.07, 6.45) is 6.32. The van der Waals surface area contributed by atoms with Crippen molar-refractivity contribution in [1.82, 2.24) is 14.5 Å². The van der Waals surface area contributed by atoms with Crippen molar-refractivity contribution in [3.05, 3.63) is 59.6 Å². The second kappa shape index (κ2) is 12.1. The average molecular weight is 537 g/mol. The molecule has 11 heteroatoms. The van der Waals surface area contributed by atoms with Crippen LogP contribution in [-0.4, -0.2) is 48.3 Å². The number of carbonyl (C=O) groups excluding carboxylic acids is 1. The van der Waals surface area contributed by atoms with Crippen molar-refractivity contribution in [2.24, 2.45) is 0 Å². The highest BCUT2D eigenvalue weighted by molar-refractivity contribution is 7.23. The zero-order valence-electron chi connectivity index (χ0n) is 19.6. The van der Waals surface area contributed by atoms with Gasteiger partial charge in [0.1, 0.15) is 11.3 Å². The number of aromatic nitrogens is 3. The van der Waals surface area contributed by atoms with Gasteiger partial charge in [0.15, 0.2) is 16.6 Å². The number of ether oxygens (including phenoxy) is 3. The van der Waals surface area contributed by atoms with E-state index in [2.05, 4.69) is 4.98 Å². The number of carbonyl (C=O) groups is 1. The number of aryl methyl sites for hydroxylation is 1. The molecule has 0 aliphatic carbocycles. The second-order valence-electron chi connectivity index (χ2n) is 7.49. The van der Waals surface area contributed by atoms with Gasteiger partial charge in [-0.1, -0.05) is 29.0 Å². The number of hydrogen-bond donors (Lipinski definition) is 0. The van der Waals surface area contributed by atoms with Crippen LogP contribution in [0.15, 0.2) is 49.1 Å². The Labute approximate surface area is 218 Å². The zero-order chi connectivity index (χ0) is 24.1. The van der Waals surface area contributed by atoms with Crippen molar-refractivity contribution in [1.29, 1.82) is 0 Å². The van der Waals surface area contributed by atoms with Crippen molar-refractivity contribution in [2.75, 3.05) is 32.8 Å². The van der Waals surface area contributed by atoms with Crippen LogP contribution in [-0.2, 0) is 17.8 Å². The number of methoxy groups -OCH3 is 3. The van der Waals surface area contributed by atoms with Crippen LogP contribution in [0.2, 0.25) is 5.02 Å². The number of hydrogen-bond acceptors (Lipinski definition) is 7. The van der Waals surface area contributed by atoms with E-state index in [-0.39, 0.29) is 24.7 Å². The maximum Gasteiger partial charge on any atom is 0.233 e. The first kappa shape index (κ1) is 26.6. The van der Waals surface area contributed by atoms with E-state index < -0.39 is 0 Å². The number of halogens is 2. The summed E-state index contributed by atoms with van der Waals surface area (Å²) in [5.41, 5.74) is 1.47. The number of nitrogens with zero attached hydrogens (tertiary/aromatic N) is 4. The van der Waals surface area contributed by atoms with Crippen molar-refractivity contribution in [3.63, 3.8) is 0 Å². The van der Waals surface area contributed by atoms with Gasteiger partial charge in [-0.05, 0) is 36.2 Å². The number of anilines is 1. The number of rotatable bonds is 10. The van der Waals surface area contributed by atoms with Gasteiger partial charge < -0.3 is 18.8 Å². The fourth-order valence-corrected chi connectivity index (χ4v) is 4.94. The summed E-state index contributed by atoms with van der Waals surface area (Å²) in [5, 5.41) is 1.16. The molecule has 1 amide bonds. The molecular weight excluding hydrogens is 511 g/mol. The molecule has 0 radical (unpaired) electrons. The lowest BCUT2D eigenvalue weighted by Crippen LogP contribution is -2.33. The predicted octanol–water partition coefficient (Wildman–Crippen LogP) is 5.26. The Kier molecular flexibility index (Phi) is 9.20. The first-order valence-corrected chi connectivity index (χ1v) is 11.8. The predicted molar refractivity (Wildman–Crippen MR) is 141 cm³/mol. The fourth-order valence-electron chi connectivity index (χ4n) is 3.64. The Morgan fingerprint density at radius 2 is 1.83 bits per heavy atom. The van der Waals surface area contributed by atoms with Crippen molar-refractivity contribution >= 4 is 56.6 Å². The van der Waals surface area contributed by atoms with Gasteiger partial charge in [0.05, 0.1) is 43.8 Å². The van der Waals surface area contributed by atoms with E-state index in [0.717, 1.165) is 23.2 Å². The zero-order valence-corrected chi connectivity index (χ0v) is 22.0. The van der Waals surface area contributed by atoms with Gasteiger partial charge in [-0.15, -0.1) is 12.4 Å². The molecule has 0 aliphatic heterocycles. The van der Waals surface area contributed by atoms with E-state index in [1.807, 2.05) is 22.9 Å². The molecule has 0 saturated heterocycles. The second-order valence-corrected chi connectivity index (χ2v) is 8.87. The first-order valence-electron chi connectivity index (χ1n) is 10.6. The van der Waals surface area contributed by atoms with Crippen LogP contribution in [0.25, 0.3) is 10.2 Å². The number of amides is 1. The summed E-state index contributed by atoms with van der Waals surface area (Å²) in [5.74, 6) is 1.74. The van der Waals surface area contributed by atoms with Crippen LogP contribution in [0, 0.1) is 0 Å². The molecule has 186 valence electrons. The molecule has 4 aromatic rings. The third-order valence-electron chi connectivity index (χ3n) is 5.36. The van der Waals surface area contributed by atoms with Crippen molar-refractivity contribution in [3.8, 4) is 17.2 Å². The van der Waals surface area contributed by atoms with Gasteiger partial charge in [-0.2, -0.15) is 0 Å². The summed E-state index contributed by atoms with van der Waals surface area (Å²) < 4.78 is 18.9. The average Bonchev–Trinajstić information content (AvgIpc) is 3.52. The maximum absolute atomic E-state index is 13.5. The molecule has 0 atom stereocenters. The Morgan fingerprint density at radius 3 is 2.51 bits per heavy atom. The molecule has 0 N–H and O–H groups in total. The van der Waals surface area contributed by atoms with Crippen LogP contribution < -0.4 is 19.1 Å². The van der Waals surface area contributed by atoms with Gasteiger partial charge in [0.2, 0.25) is 5.91 Å². The smallest absolute Gasteiger partial charge is 0.233 e. The highest BCUT2D eigenvalue weighted by atomic mass is 35.5. The number of thiazole rings is 1. The first-order chi connectivity index (χ1) is 16.5. The molecular formula is C24H26Cl2N4O4S. The minimum absolute atomic E-state index is 0. The maximum atomic E-state index is 13.5. The molecule has 0 saturated carbocycles. The van der Waals surface area contributed by atoms with Crippen molar-refractivity contribution < 1.29 is 19.0 Å². The normalized spacial score (nSPS) is 10.6. The van der Waals surface area contributed by atoms with Crippen LogP contribution >= 0.6 is 35.3 Å². The lowest BCUT2D eigenvalue weighted by atomic mass is 10.1. The van der Waals surface area contributed by atoms with Gasteiger partial charge in [-0.3, -0.25) is 9.69 Å². The van der Waals surface area contributed by atoms with E-state index in [1.165, 1.54) is 11.3 Å². The summed E-state index contributed by atoms with van der Waals surface area (Å²) in [6.45, 7) is 1.22. The largest absolute Gasteiger partial charge is 0.494 e. The minimum Gasteiger partial charge on any atom is -0.494 e. The molecule has 35 heavy (non-hydrogen) atoms. The highest BCUT2D eigenvalue weighted by Crippen LogP contribution is 2.39. The van der Waals surface area contributed by atoms with Gasteiger partial charge >= 0.3 is 0 Å². The third-order valence-corrected chi connectivity index (χ3v) is 6.90. The standard InChI is InChI=1S/C24H25ClN4O4S.ClH/c1-31-18-7-5-16(13-20(18)33-3)14-21(30)29(11-4-10-28-12-9-26-15-28)24-27-22-19(32-2)8-6-17(25)23(22)34-24;/h5-9,12-13,15H,4,10-11,14H2,1-3H3;1H. The summed E-state index contributed by atoms with van der Waals surface area (Å²) >= 11 is 7.80. The Balaban J connectivity index is 0.00000342. The lowest BCUT2D eigenvalue weighted by Gasteiger charge is -2.20. The van der Waals surface area contributed by atoms with Gasteiger partial charge in [0, 0.05) is 25.5 Å². The van der Waals surface area contributed by atoms with E-state index in [4.69, 9.17) is 30.8 Å². The molecule has 0 aliphatic rings. The molecule has 2 aromatic carbocycles. The Morgan fingerprint density at radius 1 is 1.09 bits per heavy atom. The monoisotopic (exact) mass is 536 g/mol. The van der Waals surface area contributed by atoms with Gasteiger partial charge in [0.25, 0.3) is 0 Å². The van der Waals surface area contributed by atoms with Crippen LogP contribution in [0.1, 0.15) is 12.0 Å². The number of fused-ring (bicyclic) bond motifs is 1. The minimum atomic E-state index is -0.0769. The fraction of sp³-hybridized carbons (Fsp3) is 0.292. The molecule has 4 rings (SSSR count). The molecule has 0 bridgehead atoms. The molecule has 0 fully saturated rings. The highest BCUT2D eigenvalue weighted by Gasteiger charge is 2.22. The summed E-state index contributed by atoms with van der Waals surface area (Å²) in [4.78, 5) is 24.0. The SMILES string of the molecule is COc1ccc(CC(=O)N(CCCn2ccnc2)c2nc3c(OC)ccc(Cl)c3s2)cc1OC.Cl. The quantitative estimate of drug-likeness (QED) is 0.275. The molecule has 2 aromatic heterocycles. The summed E-state index contributed by atoms with van der Waals surface area (Å²) in [7, 11) is 4.74. The van der Waals surface area contributed by atoms with Crippen LogP contribution in [0.4, 0.5) is 5.13 Å². The molecule has 2 heterocycles. The van der Waals surface area contributed by atoms with Crippen LogP contribution in [0.3, 0.4) is 0 Å². The van der Waals surface area contributed by atoms with Crippen molar-refractivity contribution in [2.45, 2.75) is 19.4 Å². The summed E-state index contributed by atoms with van der Waals surface area (Å²) in [6, 6.07) is 9.04. The van der Waals surface area contributed by atoms with E-state index in [1.54, 1.807) is 57.0 Å². The van der Waals surface area contributed by atoms with Gasteiger partial charge in [-0.25, -0.2) is 9.97 Å². The number of imidazole rings is 1. The van der Waals surface area contributed by atoms with E-state index in [0.29, 0.717) is 39.5 Å². The topological polar surface area (TPSA) is 78.7 Å². The third kappa shape index (κ3) is 5.98.